The van der Waals surface area contributed by atoms with Crippen molar-refractivity contribution in [3.05, 3.63) is 82.5 Å². The van der Waals surface area contributed by atoms with Crippen LogP contribution in [0.4, 0.5) is 0 Å². The summed E-state index contributed by atoms with van der Waals surface area (Å²) in [6.45, 7) is 4.22. The molecule has 0 spiro atoms. The normalized spacial score (nSPS) is 11.4. The number of rotatable bonds is 5. The zero-order chi connectivity index (χ0) is 19.5. The molecule has 0 radical (unpaired) electrons. The van der Waals surface area contributed by atoms with E-state index in [4.69, 9.17) is 17.3 Å². The summed E-state index contributed by atoms with van der Waals surface area (Å²) in [5.41, 5.74) is 6.29. The lowest BCUT2D eigenvalue weighted by atomic mass is 10.1. The van der Waals surface area contributed by atoms with Gasteiger partial charge in [0.1, 0.15) is 12.0 Å². The first kappa shape index (κ1) is 18.1. The largest absolute Gasteiger partial charge is 0.250 e. The molecule has 1 N–H and O–H groups in total. The molecule has 0 saturated carbocycles. The SMILES string of the molecule is CCc1ccc(-c2nn(-c3ccccc3C)cc2/C=N\n2cn[nH]c2=S)cc1. The summed E-state index contributed by atoms with van der Waals surface area (Å²) in [6.07, 6.45) is 6.29. The molecule has 28 heavy (non-hydrogen) atoms. The Morgan fingerprint density at radius 1 is 1.14 bits per heavy atom. The molecule has 0 unspecified atom stereocenters. The molecule has 6 nitrogen and oxygen atoms in total. The summed E-state index contributed by atoms with van der Waals surface area (Å²) in [7, 11) is 0. The van der Waals surface area contributed by atoms with Gasteiger partial charge in [-0.3, -0.25) is 5.10 Å². The van der Waals surface area contributed by atoms with Gasteiger partial charge in [0, 0.05) is 17.3 Å². The first-order chi connectivity index (χ1) is 13.7. The highest BCUT2D eigenvalue weighted by Crippen LogP contribution is 2.24. The Morgan fingerprint density at radius 2 is 1.93 bits per heavy atom. The molecule has 0 aliphatic heterocycles. The van der Waals surface area contributed by atoms with E-state index >= 15 is 0 Å². The Balaban J connectivity index is 1.82. The Morgan fingerprint density at radius 3 is 2.61 bits per heavy atom. The maximum atomic E-state index is 5.16. The summed E-state index contributed by atoms with van der Waals surface area (Å²) in [6, 6.07) is 16.6. The predicted molar refractivity (Wildman–Crippen MR) is 114 cm³/mol. The highest BCUT2D eigenvalue weighted by atomic mass is 32.1. The van der Waals surface area contributed by atoms with Gasteiger partial charge < -0.3 is 0 Å². The molecule has 7 heteroatoms. The average Bonchev–Trinajstić information content (AvgIpc) is 3.33. The van der Waals surface area contributed by atoms with Gasteiger partial charge in [-0.15, -0.1) is 0 Å². The van der Waals surface area contributed by atoms with Crippen molar-refractivity contribution in [2.24, 2.45) is 5.10 Å². The molecule has 0 amide bonds. The fourth-order valence-corrected chi connectivity index (χ4v) is 3.14. The number of hydrogen-bond acceptors (Lipinski definition) is 4. The molecule has 0 bridgehead atoms. The van der Waals surface area contributed by atoms with E-state index in [0.717, 1.165) is 34.5 Å². The first-order valence-electron chi connectivity index (χ1n) is 9.07. The van der Waals surface area contributed by atoms with Crippen molar-refractivity contribution in [2.45, 2.75) is 20.3 Å². The number of para-hydroxylation sites is 1. The summed E-state index contributed by atoms with van der Waals surface area (Å²) >= 11 is 5.16. The van der Waals surface area contributed by atoms with E-state index in [1.165, 1.54) is 10.2 Å². The van der Waals surface area contributed by atoms with E-state index < -0.39 is 0 Å². The van der Waals surface area contributed by atoms with E-state index in [2.05, 4.69) is 65.5 Å². The highest BCUT2D eigenvalue weighted by Gasteiger charge is 2.12. The van der Waals surface area contributed by atoms with Gasteiger partial charge in [0.15, 0.2) is 0 Å². The van der Waals surface area contributed by atoms with Crippen molar-refractivity contribution in [1.82, 2.24) is 24.7 Å². The number of benzene rings is 2. The Labute approximate surface area is 168 Å². The van der Waals surface area contributed by atoms with Gasteiger partial charge in [0.05, 0.1) is 11.9 Å². The van der Waals surface area contributed by atoms with Crippen molar-refractivity contribution in [1.29, 1.82) is 0 Å². The van der Waals surface area contributed by atoms with Crippen LogP contribution in [0.3, 0.4) is 0 Å². The van der Waals surface area contributed by atoms with Crippen LogP contribution in [0.1, 0.15) is 23.6 Å². The second-order valence-electron chi connectivity index (χ2n) is 6.47. The first-order valence-corrected chi connectivity index (χ1v) is 9.48. The molecule has 2 heterocycles. The van der Waals surface area contributed by atoms with Crippen molar-refractivity contribution in [3.63, 3.8) is 0 Å². The molecule has 4 aromatic rings. The van der Waals surface area contributed by atoms with Gasteiger partial charge in [-0.25, -0.2) is 4.68 Å². The van der Waals surface area contributed by atoms with Crippen LogP contribution in [-0.2, 0) is 6.42 Å². The number of hydrogen-bond donors (Lipinski definition) is 1. The van der Waals surface area contributed by atoms with E-state index in [9.17, 15) is 0 Å². The number of nitrogens with one attached hydrogen (secondary N) is 1. The van der Waals surface area contributed by atoms with Gasteiger partial charge in [-0.1, -0.05) is 49.4 Å². The van der Waals surface area contributed by atoms with E-state index in [1.807, 2.05) is 23.0 Å². The quantitative estimate of drug-likeness (QED) is 0.403. The molecule has 2 aromatic carbocycles. The van der Waals surface area contributed by atoms with E-state index in [-0.39, 0.29) is 0 Å². The fraction of sp³-hybridized carbons (Fsp3) is 0.143. The molecule has 0 fully saturated rings. The molecule has 0 aliphatic carbocycles. The minimum absolute atomic E-state index is 0.441. The lowest BCUT2D eigenvalue weighted by Crippen LogP contribution is -1.97. The van der Waals surface area contributed by atoms with Crippen LogP contribution in [0.15, 0.2) is 66.2 Å². The van der Waals surface area contributed by atoms with Gasteiger partial charge in [0.2, 0.25) is 4.77 Å². The van der Waals surface area contributed by atoms with Gasteiger partial charge in [0.25, 0.3) is 0 Å². The van der Waals surface area contributed by atoms with Crippen molar-refractivity contribution in [2.75, 3.05) is 0 Å². The fourth-order valence-electron chi connectivity index (χ4n) is 3.00. The second-order valence-corrected chi connectivity index (χ2v) is 6.85. The highest BCUT2D eigenvalue weighted by molar-refractivity contribution is 7.71. The molecule has 0 atom stereocenters. The van der Waals surface area contributed by atoms with Gasteiger partial charge in [-0.05, 0) is 42.8 Å². The zero-order valence-corrected chi connectivity index (χ0v) is 16.5. The van der Waals surface area contributed by atoms with Crippen molar-refractivity contribution < 1.29 is 0 Å². The van der Waals surface area contributed by atoms with Crippen LogP contribution in [0.5, 0.6) is 0 Å². The lowest BCUT2D eigenvalue weighted by molar-refractivity contribution is 0.862. The lowest BCUT2D eigenvalue weighted by Gasteiger charge is -2.05. The van der Waals surface area contributed by atoms with Gasteiger partial charge >= 0.3 is 0 Å². The second kappa shape index (κ2) is 7.74. The Hall–Kier alpha value is -3.32. The van der Waals surface area contributed by atoms with Crippen molar-refractivity contribution >= 4 is 18.4 Å². The summed E-state index contributed by atoms with van der Waals surface area (Å²) in [4.78, 5) is 0. The zero-order valence-electron chi connectivity index (χ0n) is 15.7. The van der Waals surface area contributed by atoms with Crippen LogP contribution in [0.25, 0.3) is 16.9 Å². The average molecular weight is 389 g/mol. The van der Waals surface area contributed by atoms with Gasteiger partial charge in [-0.2, -0.15) is 20.0 Å². The number of aromatic nitrogens is 5. The Bertz CT molecular complexity index is 1180. The Kier molecular flexibility index (Phi) is 4.99. The molecular formula is C21H20N6S. The molecular weight excluding hydrogens is 368 g/mol. The summed E-state index contributed by atoms with van der Waals surface area (Å²) in [5, 5.41) is 15.9. The minimum atomic E-state index is 0.441. The van der Waals surface area contributed by atoms with Crippen LogP contribution in [0.2, 0.25) is 0 Å². The van der Waals surface area contributed by atoms with E-state index in [0.29, 0.717) is 4.77 Å². The third-order valence-corrected chi connectivity index (χ3v) is 4.88. The number of H-pyrrole nitrogens is 1. The number of aryl methyl sites for hydroxylation is 2. The monoisotopic (exact) mass is 388 g/mol. The third kappa shape index (κ3) is 3.57. The summed E-state index contributed by atoms with van der Waals surface area (Å²) < 4.78 is 3.86. The number of aromatic amines is 1. The van der Waals surface area contributed by atoms with Crippen LogP contribution < -0.4 is 0 Å². The minimum Gasteiger partial charge on any atom is -0.250 e. The smallest absolute Gasteiger partial charge is 0.216 e. The number of nitrogens with zero attached hydrogens (tertiary/aromatic N) is 5. The maximum Gasteiger partial charge on any atom is 0.216 e. The third-order valence-electron chi connectivity index (χ3n) is 4.60. The predicted octanol–water partition coefficient (Wildman–Crippen LogP) is 4.55. The standard InChI is InChI=1S/C21H20N6S/c1-3-16-8-10-17(11-9-16)20-18(12-23-27-14-22-24-21(27)28)13-26(25-20)19-7-5-4-6-15(19)2/h4-14H,3H2,1-2H3,(H,24,28)/b23-12-. The molecule has 0 aliphatic rings. The van der Waals surface area contributed by atoms with Crippen LogP contribution in [-0.4, -0.2) is 30.9 Å². The van der Waals surface area contributed by atoms with E-state index in [1.54, 1.807) is 12.5 Å². The van der Waals surface area contributed by atoms with Crippen LogP contribution >= 0.6 is 12.2 Å². The molecule has 2 aromatic heterocycles. The summed E-state index contributed by atoms with van der Waals surface area (Å²) in [5.74, 6) is 0. The molecule has 0 saturated heterocycles. The van der Waals surface area contributed by atoms with Crippen LogP contribution in [0, 0.1) is 11.7 Å². The van der Waals surface area contributed by atoms with Crippen molar-refractivity contribution in [3.8, 4) is 16.9 Å². The topological polar surface area (TPSA) is 63.8 Å². The maximum absolute atomic E-state index is 5.16. The molecule has 4 rings (SSSR count). The molecule has 140 valence electrons.